The van der Waals surface area contributed by atoms with E-state index in [0.29, 0.717) is 17.4 Å². The molecule has 0 spiro atoms. The van der Waals surface area contributed by atoms with E-state index in [1.165, 1.54) is 0 Å². The number of nitrogens with one attached hydrogen (secondary N) is 1. The summed E-state index contributed by atoms with van der Waals surface area (Å²) < 4.78 is 10.5. The van der Waals surface area contributed by atoms with E-state index in [4.69, 9.17) is 9.47 Å². The molecule has 0 aliphatic carbocycles. The third kappa shape index (κ3) is 3.40. The van der Waals surface area contributed by atoms with Gasteiger partial charge in [0.25, 0.3) is 0 Å². The van der Waals surface area contributed by atoms with Gasteiger partial charge in [0.1, 0.15) is 0 Å². The molecule has 115 valence electrons. The van der Waals surface area contributed by atoms with Crippen LogP contribution in [0.5, 0.6) is 11.5 Å². The van der Waals surface area contributed by atoms with Gasteiger partial charge in [-0.1, -0.05) is 24.3 Å². The van der Waals surface area contributed by atoms with E-state index >= 15 is 0 Å². The molecule has 3 aromatic rings. The van der Waals surface area contributed by atoms with Crippen molar-refractivity contribution in [2.45, 2.75) is 0 Å². The Bertz CT molecular complexity index is 791. The van der Waals surface area contributed by atoms with Crippen LogP contribution in [0.3, 0.4) is 0 Å². The van der Waals surface area contributed by atoms with Crippen molar-refractivity contribution in [3.63, 3.8) is 0 Å². The fraction of sp³-hybridized carbons (Fsp3) is 0.111. The smallest absolute Gasteiger partial charge is 0.227 e. The van der Waals surface area contributed by atoms with E-state index in [1.807, 2.05) is 48.5 Å². The van der Waals surface area contributed by atoms with Crippen LogP contribution in [0, 0.1) is 6.07 Å². The zero-order valence-corrected chi connectivity index (χ0v) is 12.9. The van der Waals surface area contributed by atoms with E-state index in [9.17, 15) is 0 Å². The Morgan fingerprint density at radius 3 is 2.48 bits per heavy atom. The van der Waals surface area contributed by atoms with Crippen molar-refractivity contribution in [3.05, 3.63) is 60.8 Å². The number of aromatic nitrogens is 2. The molecule has 0 aliphatic rings. The minimum absolute atomic E-state index is 0.516. The highest BCUT2D eigenvalue weighted by atomic mass is 16.5. The van der Waals surface area contributed by atoms with E-state index in [2.05, 4.69) is 21.4 Å². The second-order valence-corrected chi connectivity index (χ2v) is 4.75. The topological polar surface area (TPSA) is 56.3 Å². The first-order valence-electron chi connectivity index (χ1n) is 7.09. The van der Waals surface area contributed by atoms with Crippen LogP contribution in [0.2, 0.25) is 0 Å². The molecule has 5 heteroatoms. The number of benzene rings is 2. The van der Waals surface area contributed by atoms with Crippen molar-refractivity contribution in [2.75, 3.05) is 19.5 Å². The fourth-order valence-corrected chi connectivity index (χ4v) is 2.18. The summed E-state index contributed by atoms with van der Waals surface area (Å²) in [5.74, 6) is 1.84. The van der Waals surface area contributed by atoms with Crippen LogP contribution in [0.4, 0.5) is 11.6 Å². The Hall–Kier alpha value is -3.08. The lowest BCUT2D eigenvalue weighted by atomic mass is 10.1. The van der Waals surface area contributed by atoms with E-state index < -0.39 is 0 Å². The second kappa shape index (κ2) is 6.79. The number of rotatable bonds is 5. The van der Waals surface area contributed by atoms with E-state index in [0.717, 1.165) is 16.9 Å². The van der Waals surface area contributed by atoms with Crippen LogP contribution >= 0.6 is 0 Å². The maximum Gasteiger partial charge on any atom is 0.227 e. The summed E-state index contributed by atoms with van der Waals surface area (Å²) in [5.41, 5.74) is 2.68. The molecule has 0 unspecified atom stereocenters. The standard InChI is InChI=1S/C18H16N3O2/c1-22-16-9-8-14(12-17(16)23-2)20-18-19-11-10-15(21-18)13-6-4-3-5-7-13/h4-12H,1-2H3,(H,19,20,21). The van der Waals surface area contributed by atoms with Gasteiger partial charge >= 0.3 is 0 Å². The minimum Gasteiger partial charge on any atom is -0.493 e. The Balaban J connectivity index is 1.86. The third-order valence-corrected chi connectivity index (χ3v) is 3.31. The van der Waals surface area contributed by atoms with E-state index in [1.54, 1.807) is 20.4 Å². The summed E-state index contributed by atoms with van der Waals surface area (Å²) in [4.78, 5) is 8.78. The molecule has 2 aromatic carbocycles. The second-order valence-electron chi connectivity index (χ2n) is 4.75. The zero-order chi connectivity index (χ0) is 16.1. The van der Waals surface area contributed by atoms with Crippen molar-refractivity contribution in [3.8, 4) is 22.8 Å². The first-order chi connectivity index (χ1) is 11.3. The lowest BCUT2D eigenvalue weighted by Gasteiger charge is -2.11. The van der Waals surface area contributed by atoms with Crippen LogP contribution in [0.25, 0.3) is 11.3 Å². The minimum atomic E-state index is 0.516. The number of methoxy groups -OCH3 is 2. The molecule has 0 amide bonds. The Morgan fingerprint density at radius 2 is 1.74 bits per heavy atom. The van der Waals surface area contributed by atoms with Crippen molar-refractivity contribution in [2.24, 2.45) is 0 Å². The molecule has 0 fully saturated rings. The highest BCUT2D eigenvalue weighted by molar-refractivity contribution is 5.63. The van der Waals surface area contributed by atoms with Gasteiger partial charge in [0.2, 0.25) is 5.95 Å². The monoisotopic (exact) mass is 306 g/mol. The van der Waals surface area contributed by atoms with Crippen molar-refractivity contribution >= 4 is 11.6 Å². The van der Waals surface area contributed by atoms with Crippen molar-refractivity contribution < 1.29 is 9.47 Å². The van der Waals surface area contributed by atoms with Gasteiger partial charge < -0.3 is 14.8 Å². The molecule has 1 aromatic heterocycles. The van der Waals surface area contributed by atoms with Crippen LogP contribution in [0.15, 0.2) is 54.7 Å². The first kappa shape index (κ1) is 14.8. The Kier molecular flexibility index (Phi) is 4.38. The molecule has 1 radical (unpaired) electrons. The number of nitrogens with zero attached hydrogens (tertiary/aromatic N) is 2. The number of ether oxygens (including phenoxy) is 2. The number of hydrogen-bond acceptors (Lipinski definition) is 5. The maximum atomic E-state index is 5.30. The largest absolute Gasteiger partial charge is 0.493 e. The molecule has 1 N–H and O–H groups in total. The number of hydrogen-bond donors (Lipinski definition) is 1. The van der Waals surface area contributed by atoms with Crippen LogP contribution in [-0.2, 0) is 0 Å². The Morgan fingerprint density at radius 1 is 0.957 bits per heavy atom. The highest BCUT2D eigenvalue weighted by Gasteiger charge is 2.06. The average Bonchev–Trinajstić information content (AvgIpc) is 2.62. The SMILES string of the molecule is COc1ccc(Nc2nccc(-c3cc[c]cc3)n2)cc1OC. The van der Waals surface area contributed by atoms with Gasteiger partial charge in [-0.3, -0.25) is 0 Å². The lowest BCUT2D eigenvalue weighted by Crippen LogP contribution is -1.99. The van der Waals surface area contributed by atoms with Gasteiger partial charge in [-0.25, -0.2) is 9.97 Å². The molecule has 5 nitrogen and oxygen atoms in total. The molecule has 0 saturated carbocycles. The molecule has 0 atom stereocenters. The average molecular weight is 306 g/mol. The molecule has 0 bridgehead atoms. The third-order valence-electron chi connectivity index (χ3n) is 3.31. The number of anilines is 2. The normalized spacial score (nSPS) is 10.2. The predicted molar refractivity (Wildman–Crippen MR) is 89.1 cm³/mol. The summed E-state index contributed by atoms with van der Waals surface area (Å²) >= 11 is 0. The molecular formula is C18H16N3O2. The summed E-state index contributed by atoms with van der Waals surface area (Å²) in [6.07, 6.45) is 1.72. The summed E-state index contributed by atoms with van der Waals surface area (Å²) in [6, 6.07) is 18.1. The fourth-order valence-electron chi connectivity index (χ4n) is 2.18. The van der Waals surface area contributed by atoms with Gasteiger partial charge in [-0.05, 0) is 24.3 Å². The molecule has 3 rings (SSSR count). The molecule has 0 aliphatic heterocycles. The van der Waals surface area contributed by atoms with Gasteiger partial charge in [-0.15, -0.1) is 0 Å². The quantitative estimate of drug-likeness (QED) is 0.779. The maximum absolute atomic E-state index is 5.30. The predicted octanol–water partition coefficient (Wildman–Crippen LogP) is 3.70. The van der Waals surface area contributed by atoms with Gasteiger partial charge in [0.15, 0.2) is 11.5 Å². The van der Waals surface area contributed by atoms with Crippen molar-refractivity contribution in [1.82, 2.24) is 9.97 Å². The van der Waals surface area contributed by atoms with Crippen LogP contribution in [0.1, 0.15) is 0 Å². The van der Waals surface area contributed by atoms with Gasteiger partial charge in [0, 0.05) is 23.5 Å². The molecular weight excluding hydrogens is 290 g/mol. The van der Waals surface area contributed by atoms with Gasteiger partial charge in [0.05, 0.1) is 19.9 Å². The highest BCUT2D eigenvalue weighted by Crippen LogP contribution is 2.30. The van der Waals surface area contributed by atoms with Gasteiger partial charge in [-0.2, -0.15) is 0 Å². The summed E-state index contributed by atoms with van der Waals surface area (Å²) in [5, 5.41) is 3.17. The van der Waals surface area contributed by atoms with Crippen LogP contribution < -0.4 is 14.8 Å². The first-order valence-corrected chi connectivity index (χ1v) is 7.09. The van der Waals surface area contributed by atoms with Crippen molar-refractivity contribution in [1.29, 1.82) is 0 Å². The molecule has 23 heavy (non-hydrogen) atoms. The summed E-state index contributed by atoms with van der Waals surface area (Å²) in [7, 11) is 3.21. The molecule has 1 heterocycles. The van der Waals surface area contributed by atoms with Crippen LogP contribution in [-0.4, -0.2) is 24.2 Å². The summed E-state index contributed by atoms with van der Waals surface area (Å²) in [6.45, 7) is 0. The lowest BCUT2D eigenvalue weighted by molar-refractivity contribution is 0.355. The van der Waals surface area contributed by atoms with E-state index in [-0.39, 0.29) is 0 Å². The molecule has 0 saturated heterocycles. The zero-order valence-electron chi connectivity index (χ0n) is 12.9. The Labute approximate surface area is 134 Å².